The van der Waals surface area contributed by atoms with Crippen molar-refractivity contribution in [2.24, 2.45) is 10.8 Å². The molecule has 0 heterocycles. The number of hydrogen-bond donors (Lipinski definition) is 3. The number of carboxylic acids is 1. The molecule has 19 heavy (non-hydrogen) atoms. The first kappa shape index (κ1) is 17.7. The van der Waals surface area contributed by atoms with E-state index in [0.717, 1.165) is 0 Å². The molecule has 0 fully saturated rings. The minimum atomic E-state index is -0.913. The first-order chi connectivity index (χ1) is 8.34. The van der Waals surface area contributed by atoms with Gasteiger partial charge in [-0.05, 0) is 17.8 Å². The summed E-state index contributed by atoms with van der Waals surface area (Å²) >= 11 is 0. The van der Waals surface area contributed by atoms with Crippen molar-refractivity contribution in [1.29, 1.82) is 0 Å². The molecular formula is C14H28N2O3. The molecule has 5 heteroatoms. The van der Waals surface area contributed by atoms with Gasteiger partial charge in [0.25, 0.3) is 0 Å². The van der Waals surface area contributed by atoms with Crippen molar-refractivity contribution in [3.05, 3.63) is 0 Å². The molecule has 0 aromatic carbocycles. The maximum atomic E-state index is 11.9. The van der Waals surface area contributed by atoms with Gasteiger partial charge in [-0.1, -0.05) is 41.5 Å². The maximum absolute atomic E-state index is 11.9. The third-order valence-electron chi connectivity index (χ3n) is 3.38. The molecule has 2 unspecified atom stereocenters. The van der Waals surface area contributed by atoms with E-state index < -0.39 is 12.0 Å². The number of carbonyl (C=O) groups is 2. The smallest absolute Gasteiger partial charge is 0.315 e. The fourth-order valence-electron chi connectivity index (χ4n) is 1.36. The number of carboxylic acid groups (broad SMARTS) is 1. The minimum absolute atomic E-state index is 0.00190. The van der Waals surface area contributed by atoms with Gasteiger partial charge in [-0.25, -0.2) is 4.79 Å². The van der Waals surface area contributed by atoms with Gasteiger partial charge in [-0.2, -0.15) is 0 Å². The molecule has 112 valence electrons. The van der Waals surface area contributed by atoms with E-state index in [2.05, 4.69) is 10.6 Å². The van der Waals surface area contributed by atoms with Crippen LogP contribution >= 0.6 is 0 Å². The Bertz CT molecular complexity index is 327. The Balaban J connectivity index is 4.61. The van der Waals surface area contributed by atoms with Crippen LogP contribution in [0.15, 0.2) is 0 Å². The molecule has 0 aliphatic carbocycles. The summed E-state index contributed by atoms with van der Waals surface area (Å²) in [5.74, 6) is -0.913. The van der Waals surface area contributed by atoms with Crippen LogP contribution in [0.4, 0.5) is 4.79 Å². The molecule has 0 spiro atoms. The van der Waals surface area contributed by atoms with Crippen molar-refractivity contribution in [3.8, 4) is 0 Å². The van der Waals surface area contributed by atoms with Crippen LogP contribution in [-0.4, -0.2) is 29.2 Å². The molecule has 0 aromatic heterocycles. The number of rotatable bonds is 4. The van der Waals surface area contributed by atoms with Crippen molar-refractivity contribution >= 4 is 12.0 Å². The molecule has 0 bridgehead atoms. The standard InChI is InChI=1S/C14H28N2O3/c1-9(13(2,3)4)15-12(19)16-10(8-11(17)18)14(5,6)7/h9-10H,8H2,1-7H3,(H,17,18)(H2,15,16,19). The molecule has 2 amide bonds. The zero-order valence-corrected chi connectivity index (χ0v) is 13.1. The molecule has 0 aliphatic heterocycles. The van der Waals surface area contributed by atoms with E-state index in [0.29, 0.717) is 0 Å². The first-order valence-electron chi connectivity index (χ1n) is 6.63. The van der Waals surface area contributed by atoms with Gasteiger partial charge in [0.15, 0.2) is 0 Å². The fraction of sp³-hybridized carbons (Fsp3) is 0.857. The van der Waals surface area contributed by atoms with Gasteiger partial charge in [-0.15, -0.1) is 0 Å². The Labute approximate surface area is 116 Å². The zero-order valence-electron chi connectivity index (χ0n) is 13.1. The number of nitrogens with one attached hydrogen (secondary N) is 2. The topological polar surface area (TPSA) is 78.4 Å². The third kappa shape index (κ3) is 7.03. The van der Waals surface area contributed by atoms with Crippen LogP contribution in [0.2, 0.25) is 0 Å². The number of aliphatic carboxylic acids is 1. The molecule has 0 saturated heterocycles. The molecule has 5 nitrogen and oxygen atoms in total. The highest BCUT2D eigenvalue weighted by atomic mass is 16.4. The predicted octanol–water partition coefficient (Wildman–Crippen LogP) is 2.61. The second-order valence-corrected chi connectivity index (χ2v) is 7.22. The van der Waals surface area contributed by atoms with Gasteiger partial charge in [-0.3, -0.25) is 4.79 Å². The van der Waals surface area contributed by atoms with Crippen LogP contribution in [0.1, 0.15) is 54.9 Å². The van der Waals surface area contributed by atoms with E-state index in [4.69, 9.17) is 5.11 Å². The Morgan fingerprint density at radius 2 is 1.47 bits per heavy atom. The number of hydrogen-bond acceptors (Lipinski definition) is 2. The fourth-order valence-corrected chi connectivity index (χ4v) is 1.36. The highest BCUT2D eigenvalue weighted by molar-refractivity contribution is 5.76. The molecule has 3 N–H and O–H groups in total. The van der Waals surface area contributed by atoms with Crippen LogP contribution in [-0.2, 0) is 4.79 Å². The molecule has 0 aromatic rings. The molecule has 0 rings (SSSR count). The largest absolute Gasteiger partial charge is 0.481 e. The number of carbonyl (C=O) groups excluding carboxylic acids is 1. The van der Waals surface area contributed by atoms with Crippen molar-refractivity contribution in [2.75, 3.05) is 0 Å². The maximum Gasteiger partial charge on any atom is 0.315 e. The Morgan fingerprint density at radius 3 is 1.79 bits per heavy atom. The summed E-state index contributed by atoms with van der Waals surface area (Å²) in [6.45, 7) is 13.8. The van der Waals surface area contributed by atoms with E-state index >= 15 is 0 Å². The third-order valence-corrected chi connectivity index (χ3v) is 3.38. The monoisotopic (exact) mass is 272 g/mol. The first-order valence-corrected chi connectivity index (χ1v) is 6.63. The molecule has 2 atom stereocenters. The van der Waals surface area contributed by atoms with Crippen LogP contribution in [0, 0.1) is 10.8 Å². The molecule has 0 radical (unpaired) electrons. The van der Waals surface area contributed by atoms with Gasteiger partial charge < -0.3 is 15.7 Å². The lowest BCUT2D eigenvalue weighted by molar-refractivity contribution is -0.138. The average Bonchev–Trinajstić information content (AvgIpc) is 2.12. The van der Waals surface area contributed by atoms with Gasteiger partial charge in [0.05, 0.1) is 6.42 Å². The van der Waals surface area contributed by atoms with Gasteiger partial charge >= 0.3 is 12.0 Å². The normalized spacial score (nSPS) is 15.5. The summed E-state index contributed by atoms with van der Waals surface area (Å²) in [5.41, 5.74) is -0.345. The summed E-state index contributed by atoms with van der Waals surface area (Å²) in [4.78, 5) is 22.8. The van der Waals surface area contributed by atoms with Crippen molar-refractivity contribution < 1.29 is 14.7 Å². The summed E-state index contributed by atoms with van der Waals surface area (Å²) < 4.78 is 0. The molecule has 0 saturated carbocycles. The Hall–Kier alpha value is -1.26. The highest BCUT2D eigenvalue weighted by Crippen LogP contribution is 2.22. The SMILES string of the molecule is CC(NC(=O)NC(CC(=O)O)C(C)(C)C)C(C)(C)C. The lowest BCUT2D eigenvalue weighted by Crippen LogP contribution is -2.52. The molecular weight excluding hydrogens is 244 g/mol. The van der Waals surface area contributed by atoms with Crippen LogP contribution in [0.5, 0.6) is 0 Å². The van der Waals surface area contributed by atoms with E-state index in [1.54, 1.807) is 0 Å². The van der Waals surface area contributed by atoms with E-state index in [1.165, 1.54) is 0 Å². The van der Waals surface area contributed by atoms with E-state index in [9.17, 15) is 9.59 Å². The van der Waals surface area contributed by atoms with Crippen LogP contribution in [0.3, 0.4) is 0 Å². The van der Waals surface area contributed by atoms with Crippen molar-refractivity contribution in [2.45, 2.75) is 67.0 Å². The van der Waals surface area contributed by atoms with Crippen molar-refractivity contribution in [1.82, 2.24) is 10.6 Å². The summed E-state index contributed by atoms with van der Waals surface area (Å²) in [6, 6.07) is -0.723. The Kier molecular flexibility index (Phi) is 5.84. The lowest BCUT2D eigenvalue weighted by Gasteiger charge is -2.33. The Morgan fingerprint density at radius 1 is 1.00 bits per heavy atom. The summed E-state index contributed by atoms with van der Waals surface area (Å²) in [7, 11) is 0. The summed E-state index contributed by atoms with van der Waals surface area (Å²) in [6.07, 6.45) is -0.0825. The highest BCUT2D eigenvalue weighted by Gasteiger charge is 2.29. The van der Waals surface area contributed by atoms with E-state index in [-0.39, 0.29) is 29.3 Å². The summed E-state index contributed by atoms with van der Waals surface area (Å²) in [5, 5.41) is 14.5. The van der Waals surface area contributed by atoms with Crippen molar-refractivity contribution in [3.63, 3.8) is 0 Å². The van der Waals surface area contributed by atoms with Crippen LogP contribution in [0.25, 0.3) is 0 Å². The average molecular weight is 272 g/mol. The van der Waals surface area contributed by atoms with Gasteiger partial charge in [0.1, 0.15) is 0 Å². The second-order valence-electron chi connectivity index (χ2n) is 7.22. The quantitative estimate of drug-likeness (QED) is 0.736. The number of amides is 2. The lowest BCUT2D eigenvalue weighted by atomic mass is 9.84. The van der Waals surface area contributed by atoms with Crippen LogP contribution < -0.4 is 10.6 Å². The van der Waals surface area contributed by atoms with Gasteiger partial charge in [0, 0.05) is 12.1 Å². The zero-order chi connectivity index (χ0) is 15.4. The predicted molar refractivity (Wildman–Crippen MR) is 76.1 cm³/mol. The van der Waals surface area contributed by atoms with E-state index in [1.807, 2.05) is 48.5 Å². The van der Waals surface area contributed by atoms with Gasteiger partial charge in [0.2, 0.25) is 0 Å². The second kappa shape index (κ2) is 6.26. The molecule has 0 aliphatic rings. The minimum Gasteiger partial charge on any atom is -0.481 e. The number of urea groups is 1.